The van der Waals surface area contributed by atoms with Crippen molar-refractivity contribution in [1.29, 1.82) is 0 Å². The Bertz CT molecular complexity index is 967. The number of phenolic OH excluding ortho intramolecular Hbond substituents is 1. The third-order valence-corrected chi connectivity index (χ3v) is 4.31. The molecule has 3 aromatic carbocycles. The van der Waals surface area contributed by atoms with Gasteiger partial charge >= 0.3 is 0 Å². The number of carbonyl (C=O) groups excluding carboxylic acids is 1. The molecule has 1 amide bonds. The Balaban J connectivity index is 1.91. The number of benzene rings is 3. The molecule has 0 aromatic heterocycles. The summed E-state index contributed by atoms with van der Waals surface area (Å²) in [5.74, 6) is 1.25. The zero-order chi connectivity index (χ0) is 17.4. The molecule has 0 saturated heterocycles. The van der Waals surface area contributed by atoms with Gasteiger partial charge in [-0.05, 0) is 34.5 Å². The normalized spacial score (nSPS) is 13.6. The van der Waals surface area contributed by atoms with Gasteiger partial charge in [-0.15, -0.1) is 0 Å². The quantitative estimate of drug-likeness (QED) is 0.769. The molecule has 0 spiro atoms. The number of fused-ring (bicyclic) bond motifs is 2. The first kappa shape index (κ1) is 15.3. The molecule has 1 unspecified atom stereocenters. The summed E-state index contributed by atoms with van der Waals surface area (Å²) < 4.78 is 10.8. The van der Waals surface area contributed by atoms with Crippen LogP contribution in [0.1, 0.15) is 24.1 Å². The third kappa shape index (κ3) is 2.74. The van der Waals surface area contributed by atoms with Crippen LogP contribution in [0.15, 0.2) is 54.6 Å². The van der Waals surface area contributed by atoms with Crippen molar-refractivity contribution in [3.63, 3.8) is 0 Å². The Morgan fingerprint density at radius 3 is 2.72 bits per heavy atom. The van der Waals surface area contributed by atoms with Crippen molar-refractivity contribution in [2.24, 2.45) is 0 Å². The van der Waals surface area contributed by atoms with E-state index in [0.717, 1.165) is 16.3 Å². The van der Waals surface area contributed by atoms with Crippen LogP contribution in [0.25, 0.3) is 10.8 Å². The maximum atomic E-state index is 11.8. The Morgan fingerprint density at radius 2 is 1.88 bits per heavy atom. The van der Waals surface area contributed by atoms with Crippen LogP contribution in [0.4, 0.5) is 0 Å². The van der Waals surface area contributed by atoms with Crippen LogP contribution in [0, 0.1) is 0 Å². The number of phenols is 1. The van der Waals surface area contributed by atoms with Crippen molar-refractivity contribution in [2.75, 3.05) is 6.79 Å². The van der Waals surface area contributed by atoms with E-state index in [9.17, 15) is 9.90 Å². The number of carbonyl (C=O) groups is 1. The molecule has 0 radical (unpaired) electrons. The standard InChI is InChI=1S/C20H17NO4/c1-12(22)21-20(14-7-9-17-18(10-14)25-11-24-17)19-15-5-3-2-4-13(15)6-8-16(19)23/h2-10,20,23H,11H2,1H3,(H,21,22). The Labute approximate surface area is 144 Å². The number of amides is 1. The second-order valence-corrected chi connectivity index (χ2v) is 5.97. The largest absolute Gasteiger partial charge is 0.508 e. The predicted octanol–water partition coefficient (Wildman–Crippen LogP) is 3.50. The highest BCUT2D eigenvalue weighted by molar-refractivity contribution is 5.89. The van der Waals surface area contributed by atoms with E-state index < -0.39 is 6.04 Å². The lowest BCUT2D eigenvalue weighted by Gasteiger charge is -2.22. The number of hydrogen-bond acceptors (Lipinski definition) is 4. The molecule has 1 aliphatic rings. The number of ether oxygens (including phenoxy) is 2. The molecule has 126 valence electrons. The predicted molar refractivity (Wildman–Crippen MR) is 93.8 cm³/mol. The SMILES string of the molecule is CC(=O)NC(c1ccc2c(c1)OCO2)c1c(O)ccc2ccccc12. The van der Waals surface area contributed by atoms with E-state index in [4.69, 9.17) is 9.47 Å². The van der Waals surface area contributed by atoms with Gasteiger partial charge in [0.05, 0.1) is 6.04 Å². The lowest BCUT2D eigenvalue weighted by molar-refractivity contribution is -0.119. The molecular weight excluding hydrogens is 318 g/mol. The van der Waals surface area contributed by atoms with E-state index in [-0.39, 0.29) is 18.4 Å². The smallest absolute Gasteiger partial charge is 0.231 e. The first-order valence-corrected chi connectivity index (χ1v) is 8.01. The van der Waals surface area contributed by atoms with E-state index in [2.05, 4.69) is 5.32 Å². The van der Waals surface area contributed by atoms with Crippen molar-refractivity contribution in [3.05, 3.63) is 65.7 Å². The topological polar surface area (TPSA) is 67.8 Å². The summed E-state index contributed by atoms with van der Waals surface area (Å²) in [4.78, 5) is 11.8. The fourth-order valence-electron chi connectivity index (χ4n) is 3.21. The fourth-order valence-corrected chi connectivity index (χ4v) is 3.21. The average molecular weight is 335 g/mol. The maximum Gasteiger partial charge on any atom is 0.231 e. The van der Waals surface area contributed by atoms with Crippen molar-refractivity contribution < 1.29 is 19.4 Å². The van der Waals surface area contributed by atoms with Gasteiger partial charge in [-0.3, -0.25) is 4.79 Å². The molecule has 2 N–H and O–H groups in total. The second kappa shape index (κ2) is 6.02. The third-order valence-electron chi connectivity index (χ3n) is 4.31. The molecule has 4 rings (SSSR count). The van der Waals surface area contributed by atoms with Crippen LogP contribution in [0.3, 0.4) is 0 Å². The highest BCUT2D eigenvalue weighted by Crippen LogP contribution is 2.39. The summed E-state index contributed by atoms with van der Waals surface area (Å²) in [6, 6.07) is 16.3. The monoisotopic (exact) mass is 335 g/mol. The lowest BCUT2D eigenvalue weighted by atomic mass is 9.92. The minimum absolute atomic E-state index is 0.134. The molecule has 1 atom stereocenters. The molecular formula is C20H17NO4. The minimum atomic E-state index is -0.502. The molecule has 0 saturated carbocycles. The fraction of sp³-hybridized carbons (Fsp3) is 0.150. The van der Waals surface area contributed by atoms with Gasteiger partial charge in [0.2, 0.25) is 12.7 Å². The van der Waals surface area contributed by atoms with Gasteiger partial charge in [-0.25, -0.2) is 0 Å². The molecule has 1 aliphatic heterocycles. The molecule has 0 bridgehead atoms. The van der Waals surface area contributed by atoms with Crippen LogP contribution in [0.5, 0.6) is 17.2 Å². The van der Waals surface area contributed by atoms with E-state index >= 15 is 0 Å². The molecule has 0 aliphatic carbocycles. The number of aromatic hydroxyl groups is 1. The van der Waals surface area contributed by atoms with E-state index in [0.29, 0.717) is 17.1 Å². The molecule has 25 heavy (non-hydrogen) atoms. The van der Waals surface area contributed by atoms with Crippen LogP contribution >= 0.6 is 0 Å². The van der Waals surface area contributed by atoms with Gasteiger partial charge in [0.15, 0.2) is 11.5 Å². The zero-order valence-corrected chi connectivity index (χ0v) is 13.7. The second-order valence-electron chi connectivity index (χ2n) is 5.97. The maximum absolute atomic E-state index is 11.8. The zero-order valence-electron chi connectivity index (χ0n) is 13.7. The number of rotatable bonds is 3. The first-order valence-electron chi connectivity index (χ1n) is 8.01. The summed E-state index contributed by atoms with van der Waals surface area (Å²) in [6.45, 7) is 1.64. The molecule has 5 nitrogen and oxygen atoms in total. The molecule has 1 heterocycles. The lowest BCUT2D eigenvalue weighted by Crippen LogP contribution is -2.27. The van der Waals surface area contributed by atoms with E-state index in [1.165, 1.54) is 6.92 Å². The number of hydrogen-bond donors (Lipinski definition) is 2. The summed E-state index contributed by atoms with van der Waals surface area (Å²) in [6.07, 6.45) is 0. The van der Waals surface area contributed by atoms with Crippen molar-refractivity contribution >= 4 is 16.7 Å². The van der Waals surface area contributed by atoms with E-state index in [1.807, 2.05) is 48.5 Å². The van der Waals surface area contributed by atoms with Crippen molar-refractivity contribution in [1.82, 2.24) is 5.32 Å². The van der Waals surface area contributed by atoms with Gasteiger partial charge < -0.3 is 19.9 Å². The molecule has 3 aromatic rings. The van der Waals surface area contributed by atoms with Crippen LogP contribution < -0.4 is 14.8 Å². The Morgan fingerprint density at radius 1 is 1.08 bits per heavy atom. The van der Waals surface area contributed by atoms with Gasteiger partial charge in [-0.1, -0.05) is 36.4 Å². The van der Waals surface area contributed by atoms with Gasteiger partial charge in [0, 0.05) is 12.5 Å². The van der Waals surface area contributed by atoms with Crippen LogP contribution in [-0.2, 0) is 4.79 Å². The highest BCUT2D eigenvalue weighted by atomic mass is 16.7. The summed E-state index contributed by atoms with van der Waals surface area (Å²) >= 11 is 0. The van der Waals surface area contributed by atoms with Gasteiger partial charge in [0.25, 0.3) is 0 Å². The molecule has 5 heteroatoms. The van der Waals surface area contributed by atoms with E-state index in [1.54, 1.807) is 6.07 Å². The van der Waals surface area contributed by atoms with Crippen LogP contribution in [0.2, 0.25) is 0 Å². The molecule has 0 fully saturated rings. The highest BCUT2D eigenvalue weighted by Gasteiger charge is 2.24. The minimum Gasteiger partial charge on any atom is -0.508 e. The first-order chi connectivity index (χ1) is 12.1. The van der Waals surface area contributed by atoms with Crippen molar-refractivity contribution in [2.45, 2.75) is 13.0 Å². The van der Waals surface area contributed by atoms with Gasteiger partial charge in [-0.2, -0.15) is 0 Å². The average Bonchev–Trinajstić information content (AvgIpc) is 3.07. The Hall–Kier alpha value is -3.21. The summed E-state index contributed by atoms with van der Waals surface area (Å²) in [5.41, 5.74) is 1.47. The number of nitrogens with one attached hydrogen (secondary N) is 1. The summed E-state index contributed by atoms with van der Waals surface area (Å²) in [5, 5.41) is 15.4. The van der Waals surface area contributed by atoms with Crippen molar-refractivity contribution in [3.8, 4) is 17.2 Å². The summed E-state index contributed by atoms with van der Waals surface area (Å²) in [7, 11) is 0. The van der Waals surface area contributed by atoms with Gasteiger partial charge in [0.1, 0.15) is 5.75 Å². The van der Waals surface area contributed by atoms with Crippen LogP contribution in [-0.4, -0.2) is 17.8 Å². The Kier molecular flexibility index (Phi) is 3.69.